The summed E-state index contributed by atoms with van der Waals surface area (Å²) in [6.07, 6.45) is -4.52. The van der Waals surface area contributed by atoms with Crippen LogP contribution in [0, 0.1) is 0 Å². The summed E-state index contributed by atoms with van der Waals surface area (Å²) >= 11 is 1.25. The van der Waals surface area contributed by atoms with E-state index in [1.165, 1.54) is 23.5 Å². The largest absolute Gasteiger partial charge is 0.497 e. The maximum atomic E-state index is 12.9. The van der Waals surface area contributed by atoms with Crippen LogP contribution in [0.2, 0.25) is 0 Å². The predicted molar refractivity (Wildman–Crippen MR) is 99.6 cm³/mol. The monoisotopic (exact) mass is 410 g/mol. The van der Waals surface area contributed by atoms with Crippen LogP contribution in [-0.4, -0.2) is 31.3 Å². The number of carbonyl (C=O) groups excluding carboxylic acids is 1. The SMILES string of the molecule is COCCn1c(=NC(=O)c2cccc(C(F)(F)F)c2)sc2cc(OC)ccc21. The first-order valence-electron chi connectivity index (χ1n) is 8.26. The van der Waals surface area contributed by atoms with Crippen molar-refractivity contribution >= 4 is 27.5 Å². The molecule has 0 N–H and O–H groups in total. The first-order chi connectivity index (χ1) is 13.3. The van der Waals surface area contributed by atoms with Gasteiger partial charge in [0.2, 0.25) is 0 Å². The molecule has 2 aromatic carbocycles. The Morgan fingerprint density at radius 2 is 1.96 bits per heavy atom. The van der Waals surface area contributed by atoms with Crippen molar-refractivity contribution in [1.82, 2.24) is 4.57 Å². The first kappa shape index (κ1) is 20.1. The van der Waals surface area contributed by atoms with Gasteiger partial charge in [-0.1, -0.05) is 17.4 Å². The van der Waals surface area contributed by atoms with Gasteiger partial charge in [0.25, 0.3) is 5.91 Å². The van der Waals surface area contributed by atoms with Crippen LogP contribution >= 0.6 is 11.3 Å². The summed E-state index contributed by atoms with van der Waals surface area (Å²) in [5.41, 5.74) is -0.177. The molecule has 0 bridgehead atoms. The number of amides is 1. The van der Waals surface area contributed by atoms with Gasteiger partial charge in [0, 0.05) is 19.2 Å². The third-order valence-electron chi connectivity index (χ3n) is 4.04. The van der Waals surface area contributed by atoms with Gasteiger partial charge in [-0.25, -0.2) is 0 Å². The highest BCUT2D eigenvalue weighted by Crippen LogP contribution is 2.29. The molecular weight excluding hydrogens is 393 g/mol. The third kappa shape index (κ3) is 4.26. The number of benzene rings is 2. The highest BCUT2D eigenvalue weighted by Gasteiger charge is 2.30. The zero-order valence-electron chi connectivity index (χ0n) is 15.1. The molecule has 3 rings (SSSR count). The summed E-state index contributed by atoms with van der Waals surface area (Å²) < 4.78 is 51.7. The molecule has 0 saturated carbocycles. The number of halogens is 3. The fourth-order valence-electron chi connectivity index (χ4n) is 2.64. The molecule has 1 aromatic heterocycles. The maximum Gasteiger partial charge on any atom is 0.416 e. The normalized spacial score (nSPS) is 12.5. The fraction of sp³-hybridized carbons (Fsp3) is 0.263. The van der Waals surface area contributed by atoms with Gasteiger partial charge in [0.1, 0.15) is 5.75 Å². The van der Waals surface area contributed by atoms with Crippen molar-refractivity contribution in [2.24, 2.45) is 4.99 Å². The molecule has 0 unspecified atom stereocenters. The fourth-order valence-corrected chi connectivity index (χ4v) is 3.73. The second kappa shape index (κ2) is 8.15. The lowest BCUT2D eigenvalue weighted by atomic mass is 10.1. The average molecular weight is 410 g/mol. The van der Waals surface area contributed by atoms with Crippen LogP contribution in [0.3, 0.4) is 0 Å². The second-order valence-electron chi connectivity index (χ2n) is 5.86. The van der Waals surface area contributed by atoms with E-state index in [0.717, 1.165) is 22.3 Å². The second-order valence-corrected chi connectivity index (χ2v) is 6.87. The average Bonchev–Trinajstić information content (AvgIpc) is 3.01. The van der Waals surface area contributed by atoms with E-state index < -0.39 is 17.6 Å². The topological polar surface area (TPSA) is 52.8 Å². The molecule has 28 heavy (non-hydrogen) atoms. The quantitative estimate of drug-likeness (QED) is 0.636. The molecule has 1 heterocycles. The highest BCUT2D eigenvalue weighted by atomic mass is 32.1. The van der Waals surface area contributed by atoms with Crippen LogP contribution < -0.4 is 9.54 Å². The van der Waals surface area contributed by atoms with Gasteiger partial charge < -0.3 is 14.0 Å². The van der Waals surface area contributed by atoms with Gasteiger partial charge in [-0.05, 0) is 36.4 Å². The van der Waals surface area contributed by atoms with Crippen LogP contribution in [0.4, 0.5) is 13.2 Å². The molecule has 0 spiro atoms. The summed E-state index contributed by atoms with van der Waals surface area (Å²) in [7, 11) is 3.11. The number of aromatic nitrogens is 1. The molecule has 148 valence electrons. The molecule has 0 atom stereocenters. The number of thiazole rings is 1. The van der Waals surface area contributed by atoms with Crippen LogP contribution in [0.1, 0.15) is 15.9 Å². The van der Waals surface area contributed by atoms with Crippen molar-refractivity contribution in [2.75, 3.05) is 20.8 Å². The van der Waals surface area contributed by atoms with Crippen molar-refractivity contribution < 1.29 is 27.4 Å². The Hall–Kier alpha value is -2.65. The Bertz CT molecular complexity index is 1070. The summed E-state index contributed by atoms with van der Waals surface area (Å²) in [5, 5.41) is 0. The number of fused-ring (bicyclic) bond motifs is 1. The number of rotatable bonds is 5. The lowest BCUT2D eigenvalue weighted by molar-refractivity contribution is -0.137. The number of hydrogen-bond donors (Lipinski definition) is 0. The highest BCUT2D eigenvalue weighted by molar-refractivity contribution is 7.16. The molecule has 0 fully saturated rings. The Morgan fingerprint density at radius 3 is 2.64 bits per heavy atom. The minimum atomic E-state index is -4.52. The van der Waals surface area contributed by atoms with E-state index in [1.807, 2.05) is 12.1 Å². The minimum Gasteiger partial charge on any atom is -0.497 e. The van der Waals surface area contributed by atoms with Crippen molar-refractivity contribution in [2.45, 2.75) is 12.7 Å². The maximum absolute atomic E-state index is 12.9. The van der Waals surface area contributed by atoms with Crippen molar-refractivity contribution in [3.05, 3.63) is 58.4 Å². The molecule has 1 amide bonds. The molecule has 9 heteroatoms. The number of hydrogen-bond acceptors (Lipinski definition) is 4. The number of methoxy groups -OCH3 is 2. The Labute approximate surface area is 162 Å². The van der Waals surface area contributed by atoms with Gasteiger partial charge in [-0.2, -0.15) is 18.2 Å². The van der Waals surface area contributed by atoms with Crippen LogP contribution in [0.25, 0.3) is 10.2 Å². The van der Waals surface area contributed by atoms with Crippen molar-refractivity contribution in [1.29, 1.82) is 0 Å². The van der Waals surface area contributed by atoms with E-state index in [1.54, 1.807) is 24.9 Å². The Balaban J connectivity index is 2.08. The molecule has 3 aromatic rings. The molecule has 0 radical (unpaired) electrons. The van der Waals surface area contributed by atoms with Crippen molar-refractivity contribution in [3.63, 3.8) is 0 Å². The number of carbonyl (C=O) groups is 1. The molecule has 0 aliphatic rings. The first-order valence-corrected chi connectivity index (χ1v) is 9.08. The van der Waals surface area contributed by atoms with Crippen LogP contribution in [0.5, 0.6) is 5.75 Å². The number of alkyl halides is 3. The van der Waals surface area contributed by atoms with E-state index in [2.05, 4.69) is 4.99 Å². The van der Waals surface area contributed by atoms with Gasteiger partial charge in [0.05, 0.1) is 29.5 Å². The van der Waals surface area contributed by atoms with Gasteiger partial charge in [-0.3, -0.25) is 4.79 Å². The zero-order chi connectivity index (χ0) is 20.3. The molecule has 0 aliphatic heterocycles. The standard InChI is InChI=1S/C19H17F3N2O3S/c1-26-9-8-24-15-7-6-14(27-2)11-16(15)28-18(24)23-17(25)12-4-3-5-13(10-12)19(20,21)22/h3-7,10-11H,8-9H2,1-2H3. The predicted octanol–water partition coefficient (Wildman–Crippen LogP) is 4.12. The summed E-state index contributed by atoms with van der Waals surface area (Å²) in [6, 6.07) is 9.68. The lowest BCUT2D eigenvalue weighted by Crippen LogP contribution is -2.19. The van der Waals surface area contributed by atoms with Crippen molar-refractivity contribution in [3.8, 4) is 5.75 Å². The van der Waals surface area contributed by atoms with E-state index in [-0.39, 0.29) is 5.56 Å². The van der Waals surface area contributed by atoms with Gasteiger partial charge in [-0.15, -0.1) is 0 Å². The lowest BCUT2D eigenvalue weighted by Gasteiger charge is -2.07. The number of ether oxygens (including phenoxy) is 2. The molecular formula is C19H17F3N2O3S. The summed E-state index contributed by atoms with van der Waals surface area (Å²) in [4.78, 5) is 17.0. The van der Waals surface area contributed by atoms with E-state index in [4.69, 9.17) is 9.47 Å². The molecule has 0 aliphatic carbocycles. The molecule has 0 saturated heterocycles. The van der Waals surface area contributed by atoms with E-state index >= 15 is 0 Å². The summed E-state index contributed by atoms with van der Waals surface area (Å²) in [5.74, 6) is -0.0841. The smallest absolute Gasteiger partial charge is 0.416 e. The third-order valence-corrected chi connectivity index (χ3v) is 5.08. The van der Waals surface area contributed by atoms with E-state index in [9.17, 15) is 18.0 Å². The molecule has 5 nitrogen and oxygen atoms in total. The zero-order valence-corrected chi connectivity index (χ0v) is 15.9. The van der Waals surface area contributed by atoms with Gasteiger partial charge >= 0.3 is 6.18 Å². The summed E-state index contributed by atoms with van der Waals surface area (Å²) in [6.45, 7) is 0.834. The minimum absolute atomic E-state index is 0.122. The van der Waals surface area contributed by atoms with Crippen LogP contribution in [0.15, 0.2) is 47.5 Å². The van der Waals surface area contributed by atoms with Crippen LogP contribution in [-0.2, 0) is 17.5 Å². The Morgan fingerprint density at radius 1 is 1.18 bits per heavy atom. The number of nitrogens with zero attached hydrogens (tertiary/aromatic N) is 2. The Kier molecular flexibility index (Phi) is 5.85. The van der Waals surface area contributed by atoms with Gasteiger partial charge in [0.15, 0.2) is 4.80 Å². The van der Waals surface area contributed by atoms with E-state index in [0.29, 0.717) is 23.7 Å².